The van der Waals surface area contributed by atoms with Crippen LogP contribution in [-0.4, -0.2) is 6.29 Å². The van der Waals surface area contributed by atoms with Gasteiger partial charge in [-0.2, -0.15) is 9.78 Å². The molecular formula is C10H12O2. The summed E-state index contributed by atoms with van der Waals surface area (Å²) >= 11 is 0. The van der Waals surface area contributed by atoms with Crippen LogP contribution in [0.15, 0.2) is 30.3 Å². The lowest BCUT2D eigenvalue weighted by atomic mass is 10.1. The maximum absolute atomic E-state index is 4.65. The third-order valence-corrected chi connectivity index (χ3v) is 1.98. The minimum atomic E-state index is 0.0914. The van der Waals surface area contributed by atoms with Crippen molar-refractivity contribution < 1.29 is 9.78 Å². The molecule has 0 aromatic heterocycles. The van der Waals surface area contributed by atoms with Crippen LogP contribution in [0.2, 0.25) is 0 Å². The second-order valence-corrected chi connectivity index (χ2v) is 3.00. The van der Waals surface area contributed by atoms with Gasteiger partial charge in [0.1, 0.15) is 0 Å². The second kappa shape index (κ2) is 3.70. The molecule has 2 rings (SSSR count). The lowest BCUT2D eigenvalue weighted by Gasteiger charge is -1.97. The predicted molar refractivity (Wildman–Crippen MR) is 45.3 cm³/mol. The van der Waals surface area contributed by atoms with E-state index in [1.54, 1.807) is 0 Å². The van der Waals surface area contributed by atoms with Crippen molar-refractivity contribution in [3.63, 3.8) is 0 Å². The van der Waals surface area contributed by atoms with Gasteiger partial charge in [0.05, 0.1) is 0 Å². The van der Waals surface area contributed by atoms with E-state index in [1.165, 1.54) is 5.56 Å². The molecule has 1 saturated heterocycles. The van der Waals surface area contributed by atoms with E-state index in [1.807, 2.05) is 6.07 Å². The van der Waals surface area contributed by atoms with Crippen molar-refractivity contribution >= 4 is 0 Å². The molecule has 0 radical (unpaired) electrons. The zero-order valence-electron chi connectivity index (χ0n) is 6.90. The molecule has 12 heavy (non-hydrogen) atoms. The number of hydrogen-bond donors (Lipinski definition) is 0. The first-order chi connectivity index (χ1) is 5.95. The first-order valence-corrected chi connectivity index (χ1v) is 4.31. The molecule has 0 spiro atoms. The normalized spacial score (nSPS) is 16.3. The Labute approximate surface area is 72.0 Å². The van der Waals surface area contributed by atoms with Crippen molar-refractivity contribution in [3.8, 4) is 0 Å². The summed E-state index contributed by atoms with van der Waals surface area (Å²) in [6.07, 6.45) is 3.35. The number of aryl methyl sites for hydroxylation is 1. The van der Waals surface area contributed by atoms with Crippen molar-refractivity contribution in [1.29, 1.82) is 0 Å². The van der Waals surface area contributed by atoms with Crippen LogP contribution in [0, 0.1) is 0 Å². The van der Waals surface area contributed by atoms with E-state index in [-0.39, 0.29) is 6.29 Å². The second-order valence-electron chi connectivity index (χ2n) is 3.00. The molecule has 0 N–H and O–H groups in total. The molecule has 1 aliphatic rings. The number of benzene rings is 1. The van der Waals surface area contributed by atoms with Crippen molar-refractivity contribution in [3.05, 3.63) is 35.9 Å². The van der Waals surface area contributed by atoms with Gasteiger partial charge < -0.3 is 0 Å². The zero-order chi connectivity index (χ0) is 8.23. The van der Waals surface area contributed by atoms with Crippen LogP contribution in [0.5, 0.6) is 0 Å². The third kappa shape index (κ3) is 2.32. The highest BCUT2D eigenvalue weighted by atomic mass is 17.4. The fourth-order valence-electron chi connectivity index (χ4n) is 1.25. The van der Waals surface area contributed by atoms with Crippen LogP contribution in [0.3, 0.4) is 0 Å². The fourth-order valence-corrected chi connectivity index (χ4v) is 1.25. The van der Waals surface area contributed by atoms with Crippen molar-refractivity contribution in [2.45, 2.75) is 25.6 Å². The lowest BCUT2D eigenvalue weighted by molar-refractivity contribution is 0.0850. The van der Waals surface area contributed by atoms with E-state index in [0.717, 1.165) is 19.3 Å². The molecule has 1 fully saturated rings. The highest BCUT2D eigenvalue weighted by Crippen LogP contribution is 2.19. The minimum Gasteiger partial charge on any atom is -0.199 e. The Morgan fingerprint density at radius 2 is 1.83 bits per heavy atom. The highest BCUT2D eigenvalue weighted by Gasteiger charge is 2.24. The maximum Gasteiger partial charge on any atom is 0.224 e. The van der Waals surface area contributed by atoms with Crippen LogP contribution in [0.1, 0.15) is 18.4 Å². The molecule has 1 heterocycles. The van der Waals surface area contributed by atoms with Crippen LogP contribution in [-0.2, 0) is 16.2 Å². The quantitative estimate of drug-likeness (QED) is 0.504. The van der Waals surface area contributed by atoms with Gasteiger partial charge in [0.25, 0.3) is 0 Å². The van der Waals surface area contributed by atoms with Gasteiger partial charge >= 0.3 is 0 Å². The number of hydrogen-bond acceptors (Lipinski definition) is 2. The molecule has 1 aliphatic heterocycles. The van der Waals surface area contributed by atoms with E-state index in [2.05, 4.69) is 34.0 Å². The van der Waals surface area contributed by atoms with Gasteiger partial charge in [-0.15, -0.1) is 0 Å². The molecule has 0 amide bonds. The van der Waals surface area contributed by atoms with E-state index in [0.29, 0.717) is 0 Å². The van der Waals surface area contributed by atoms with Gasteiger partial charge in [-0.05, 0) is 18.4 Å². The van der Waals surface area contributed by atoms with Gasteiger partial charge in [-0.25, -0.2) is 0 Å². The Kier molecular flexibility index (Phi) is 2.39. The Bertz CT molecular complexity index is 229. The molecule has 1 aromatic carbocycles. The zero-order valence-corrected chi connectivity index (χ0v) is 6.90. The molecule has 2 heteroatoms. The van der Waals surface area contributed by atoms with Crippen LogP contribution in [0.4, 0.5) is 0 Å². The van der Waals surface area contributed by atoms with Gasteiger partial charge in [-0.1, -0.05) is 30.3 Å². The van der Waals surface area contributed by atoms with Gasteiger partial charge in [0.2, 0.25) is 6.29 Å². The molecule has 1 aromatic rings. The van der Waals surface area contributed by atoms with E-state index in [9.17, 15) is 0 Å². The van der Waals surface area contributed by atoms with Crippen molar-refractivity contribution in [2.24, 2.45) is 0 Å². The molecular weight excluding hydrogens is 152 g/mol. The molecule has 64 valence electrons. The summed E-state index contributed by atoms with van der Waals surface area (Å²) in [6, 6.07) is 10.5. The average molecular weight is 164 g/mol. The highest BCUT2D eigenvalue weighted by molar-refractivity contribution is 5.14. The summed E-state index contributed by atoms with van der Waals surface area (Å²) < 4.78 is 0. The average Bonchev–Trinajstić information content (AvgIpc) is 2.90. The molecule has 0 bridgehead atoms. The first-order valence-electron chi connectivity index (χ1n) is 4.31. The Morgan fingerprint density at radius 3 is 2.50 bits per heavy atom. The van der Waals surface area contributed by atoms with Gasteiger partial charge in [0, 0.05) is 6.42 Å². The summed E-state index contributed by atoms with van der Waals surface area (Å²) in [5.74, 6) is 0. The Morgan fingerprint density at radius 1 is 1.08 bits per heavy atom. The predicted octanol–water partition coefficient (Wildman–Crippen LogP) is 2.30. The third-order valence-electron chi connectivity index (χ3n) is 1.98. The standard InChI is InChI=1S/C10H12O2/c1-2-5-9(6-3-1)7-4-8-10-11-12-10/h1-3,5-6,10H,4,7-8H2. The SMILES string of the molecule is c1ccc(CCCC2OO2)cc1. The van der Waals surface area contributed by atoms with Gasteiger partial charge in [0.15, 0.2) is 0 Å². The van der Waals surface area contributed by atoms with Crippen LogP contribution in [0.25, 0.3) is 0 Å². The molecule has 0 atom stereocenters. The maximum atomic E-state index is 4.65. The summed E-state index contributed by atoms with van der Waals surface area (Å²) in [7, 11) is 0. The minimum absolute atomic E-state index is 0.0914. The molecule has 0 unspecified atom stereocenters. The molecule has 0 saturated carbocycles. The van der Waals surface area contributed by atoms with Crippen molar-refractivity contribution in [2.75, 3.05) is 0 Å². The smallest absolute Gasteiger partial charge is 0.199 e. The fraction of sp³-hybridized carbons (Fsp3) is 0.400. The Balaban J connectivity index is 1.72. The van der Waals surface area contributed by atoms with Gasteiger partial charge in [-0.3, -0.25) is 0 Å². The number of rotatable bonds is 4. The van der Waals surface area contributed by atoms with Crippen LogP contribution >= 0.6 is 0 Å². The first kappa shape index (κ1) is 7.77. The molecule has 2 nitrogen and oxygen atoms in total. The van der Waals surface area contributed by atoms with Crippen LogP contribution < -0.4 is 0 Å². The topological polar surface area (TPSA) is 25.1 Å². The largest absolute Gasteiger partial charge is 0.224 e. The van der Waals surface area contributed by atoms with E-state index >= 15 is 0 Å². The monoisotopic (exact) mass is 164 g/mol. The summed E-state index contributed by atoms with van der Waals surface area (Å²) in [5, 5.41) is 0. The summed E-state index contributed by atoms with van der Waals surface area (Å²) in [4.78, 5) is 9.29. The van der Waals surface area contributed by atoms with E-state index < -0.39 is 0 Å². The summed E-state index contributed by atoms with van der Waals surface area (Å²) in [6.45, 7) is 0. The summed E-state index contributed by atoms with van der Waals surface area (Å²) in [5.41, 5.74) is 1.39. The lowest BCUT2D eigenvalue weighted by Crippen LogP contribution is -1.88. The molecule has 0 aliphatic carbocycles. The van der Waals surface area contributed by atoms with E-state index in [4.69, 9.17) is 0 Å². The Hall–Kier alpha value is -0.860. The van der Waals surface area contributed by atoms with Crippen molar-refractivity contribution in [1.82, 2.24) is 0 Å².